The number of ether oxygens (including phenoxy) is 3. The van der Waals surface area contributed by atoms with E-state index in [0.29, 0.717) is 43.6 Å². The van der Waals surface area contributed by atoms with Crippen LogP contribution in [0.5, 0.6) is 17.2 Å². The third-order valence-corrected chi connectivity index (χ3v) is 8.53. The van der Waals surface area contributed by atoms with Crippen LogP contribution < -0.4 is 19.5 Å². The SMILES string of the molecule is CNCC(C(=O)N1CC2=C(C1)CN(S(=O)(=O)c1ccc3c(c1)OCCO3)C2)c1cc(OC)ccc1F. The predicted molar refractivity (Wildman–Crippen MR) is 129 cm³/mol. The Morgan fingerprint density at radius 1 is 1.06 bits per heavy atom. The summed E-state index contributed by atoms with van der Waals surface area (Å²) in [6.07, 6.45) is 0. The van der Waals surface area contributed by atoms with Crippen molar-refractivity contribution in [2.45, 2.75) is 10.8 Å². The highest BCUT2D eigenvalue weighted by Gasteiger charge is 2.39. The maximum atomic E-state index is 14.7. The molecule has 2 aromatic carbocycles. The van der Waals surface area contributed by atoms with Gasteiger partial charge >= 0.3 is 0 Å². The Balaban J connectivity index is 1.29. The van der Waals surface area contributed by atoms with Crippen LogP contribution >= 0.6 is 0 Å². The molecule has 1 amide bonds. The summed E-state index contributed by atoms with van der Waals surface area (Å²) in [5.41, 5.74) is 2.07. The van der Waals surface area contributed by atoms with E-state index >= 15 is 0 Å². The number of fused-ring (bicyclic) bond motifs is 1. The highest BCUT2D eigenvalue weighted by Crippen LogP contribution is 2.36. The molecule has 1 N–H and O–H groups in total. The first-order valence-electron chi connectivity index (χ1n) is 11.7. The number of amides is 1. The minimum absolute atomic E-state index is 0.142. The summed E-state index contributed by atoms with van der Waals surface area (Å²) in [7, 11) is -0.553. The number of methoxy groups -OCH3 is 1. The number of nitrogens with zero attached hydrogens (tertiary/aromatic N) is 2. The zero-order valence-electron chi connectivity index (χ0n) is 20.1. The van der Waals surface area contributed by atoms with Gasteiger partial charge in [-0.1, -0.05) is 0 Å². The summed E-state index contributed by atoms with van der Waals surface area (Å²) in [5, 5.41) is 2.98. The van der Waals surface area contributed by atoms with Crippen molar-refractivity contribution in [1.82, 2.24) is 14.5 Å². The highest BCUT2D eigenvalue weighted by molar-refractivity contribution is 7.89. The van der Waals surface area contributed by atoms with Crippen molar-refractivity contribution in [3.63, 3.8) is 0 Å². The molecule has 11 heteroatoms. The minimum atomic E-state index is -3.75. The average Bonchev–Trinajstić information content (AvgIpc) is 3.47. The molecule has 0 spiro atoms. The largest absolute Gasteiger partial charge is 0.497 e. The zero-order valence-corrected chi connectivity index (χ0v) is 20.9. The molecule has 3 aliphatic rings. The second-order valence-corrected chi connectivity index (χ2v) is 10.9. The molecule has 0 radical (unpaired) electrons. The number of carbonyl (C=O) groups excluding carboxylic acids is 1. The summed E-state index contributed by atoms with van der Waals surface area (Å²) < 4.78 is 58.9. The Hall–Kier alpha value is -3.15. The van der Waals surface area contributed by atoms with Gasteiger partial charge in [0.1, 0.15) is 24.8 Å². The maximum Gasteiger partial charge on any atom is 0.243 e. The monoisotopic (exact) mass is 517 g/mol. The number of hydrogen-bond acceptors (Lipinski definition) is 7. The molecular formula is C25H28FN3O6S. The van der Waals surface area contributed by atoms with E-state index in [1.165, 1.54) is 35.7 Å². The molecule has 1 atom stereocenters. The lowest BCUT2D eigenvalue weighted by Crippen LogP contribution is -2.40. The van der Waals surface area contributed by atoms with E-state index in [1.54, 1.807) is 24.1 Å². The van der Waals surface area contributed by atoms with Crippen LogP contribution in [0.15, 0.2) is 52.4 Å². The number of hydrogen-bond donors (Lipinski definition) is 1. The minimum Gasteiger partial charge on any atom is -0.497 e. The molecule has 0 aromatic heterocycles. The second-order valence-electron chi connectivity index (χ2n) is 8.98. The van der Waals surface area contributed by atoms with Gasteiger partial charge in [0.15, 0.2) is 11.5 Å². The maximum absolute atomic E-state index is 14.7. The van der Waals surface area contributed by atoms with Gasteiger partial charge in [0.25, 0.3) is 0 Å². The lowest BCUT2D eigenvalue weighted by atomic mass is 9.96. The van der Waals surface area contributed by atoms with Crippen molar-refractivity contribution in [1.29, 1.82) is 0 Å². The summed E-state index contributed by atoms with van der Waals surface area (Å²) in [4.78, 5) is 15.3. The van der Waals surface area contributed by atoms with E-state index < -0.39 is 21.8 Å². The Bertz CT molecular complexity index is 1310. The normalized spacial score (nSPS) is 18.4. The topological polar surface area (TPSA) is 97.4 Å². The molecule has 1 unspecified atom stereocenters. The van der Waals surface area contributed by atoms with Gasteiger partial charge in [-0.3, -0.25) is 4.79 Å². The number of likely N-dealkylation sites (N-methyl/N-ethyl adjacent to an activating group) is 1. The zero-order chi connectivity index (χ0) is 25.4. The van der Waals surface area contributed by atoms with Gasteiger partial charge in [-0.2, -0.15) is 4.31 Å². The Morgan fingerprint density at radius 2 is 1.75 bits per heavy atom. The van der Waals surface area contributed by atoms with Crippen molar-refractivity contribution < 1.29 is 31.8 Å². The quantitative estimate of drug-likeness (QED) is 0.559. The first-order chi connectivity index (χ1) is 17.3. The van der Waals surface area contributed by atoms with Crippen molar-refractivity contribution in [3.05, 3.63) is 58.9 Å². The van der Waals surface area contributed by atoms with Crippen molar-refractivity contribution in [2.24, 2.45) is 0 Å². The van der Waals surface area contributed by atoms with Crippen LogP contribution in [0.1, 0.15) is 11.5 Å². The second kappa shape index (κ2) is 9.72. The van der Waals surface area contributed by atoms with Gasteiger partial charge in [-0.05, 0) is 48.5 Å². The van der Waals surface area contributed by atoms with Crippen LogP contribution in [-0.4, -0.2) is 83.6 Å². The van der Waals surface area contributed by atoms with Crippen LogP contribution in [0, 0.1) is 5.82 Å². The van der Waals surface area contributed by atoms with E-state index in [2.05, 4.69) is 5.32 Å². The molecule has 192 valence electrons. The van der Waals surface area contributed by atoms with Crippen LogP contribution in [-0.2, 0) is 14.8 Å². The molecule has 5 rings (SSSR count). The molecule has 0 saturated heterocycles. The standard InChI is InChI=1S/C25H28FN3O6S/c1-27-11-21(20-9-18(33-2)3-5-22(20)26)25(30)28-12-16-14-29(15-17(16)13-28)36(31,32)19-4-6-23-24(10-19)35-8-7-34-23/h3-6,9-10,21,27H,7-8,11-15H2,1-2H3. The smallest absolute Gasteiger partial charge is 0.243 e. The first-order valence-corrected chi connectivity index (χ1v) is 13.1. The predicted octanol–water partition coefficient (Wildman–Crippen LogP) is 1.75. The van der Waals surface area contributed by atoms with Crippen molar-refractivity contribution >= 4 is 15.9 Å². The van der Waals surface area contributed by atoms with Crippen molar-refractivity contribution in [3.8, 4) is 17.2 Å². The number of nitrogens with one attached hydrogen (secondary N) is 1. The van der Waals surface area contributed by atoms with Gasteiger partial charge < -0.3 is 24.4 Å². The Labute approximate surface area is 209 Å². The molecular weight excluding hydrogens is 489 g/mol. The number of sulfonamides is 1. The van der Waals surface area contributed by atoms with E-state index in [-0.39, 0.29) is 36.0 Å². The molecule has 2 aromatic rings. The van der Waals surface area contributed by atoms with Crippen LogP contribution in [0.3, 0.4) is 0 Å². The molecule has 0 saturated carbocycles. The first kappa shape index (κ1) is 24.5. The lowest BCUT2D eigenvalue weighted by molar-refractivity contribution is -0.131. The summed E-state index contributed by atoms with van der Waals surface area (Å²) in [6.45, 7) is 2.10. The molecule has 0 aliphatic carbocycles. The third-order valence-electron chi connectivity index (χ3n) is 6.75. The molecule has 3 aliphatic heterocycles. The van der Waals surface area contributed by atoms with Gasteiger partial charge in [-0.15, -0.1) is 0 Å². The van der Waals surface area contributed by atoms with Crippen molar-refractivity contribution in [2.75, 3.05) is 60.1 Å². The lowest BCUT2D eigenvalue weighted by Gasteiger charge is -2.27. The number of halogens is 1. The summed E-state index contributed by atoms with van der Waals surface area (Å²) >= 11 is 0. The average molecular weight is 518 g/mol. The molecule has 0 fully saturated rings. The van der Waals surface area contributed by atoms with E-state index in [4.69, 9.17) is 14.2 Å². The fourth-order valence-electron chi connectivity index (χ4n) is 4.88. The Morgan fingerprint density at radius 3 is 2.42 bits per heavy atom. The highest BCUT2D eigenvalue weighted by atomic mass is 32.2. The fourth-order valence-corrected chi connectivity index (χ4v) is 6.32. The van der Waals surface area contributed by atoms with Gasteiger partial charge in [-0.25, -0.2) is 12.8 Å². The van der Waals surface area contributed by atoms with Gasteiger partial charge in [0.2, 0.25) is 15.9 Å². The molecule has 36 heavy (non-hydrogen) atoms. The van der Waals surface area contributed by atoms with Gasteiger partial charge in [0, 0.05) is 44.4 Å². The molecule has 3 heterocycles. The Kier molecular flexibility index (Phi) is 6.62. The van der Waals surface area contributed by atoms with Crippen LogP contribution in [0.25, 0.3) is 0 Å². The summed E-state index contributed by atoms with van der Waals surface area (Å²) in [5.74, 6) is -0.00270. The molecule has 9 nitrogen and oxygen atoms in total. The third kappa shape index (κ3) is 4.42. The fraction of sp³-hybridized carbons (Fsp3) is 0.400. The number of benzene rings is 2. The molecule has 0 bridgehead atoms. The van der Waals surface area contributed by atoms with E-state index in [1.807, 2.05) is 0 Å². The number of rotatable bonds is 7. The number of carbonyl (C=O) groups is 1. The van der Waals surface area contributed by atoms with E-state index in [0.717, 1.165) is 11.1 Å². The van der Waals surface area contributed by atoms with Gasteiger partial charge in [0.05, 0.1) is 17.9 Å². The van der Waals surface area contributed by atoms with Crippen LogP contribution in [0.2, 0.25) is 0 Å². The summed E-state index contributed by atoms with van der Waals surface area (Å²) in [6, 6.07) is 8.99. The van der Waals surface area contributed by atoms with Crippen LogP contribution in [0.4, 0.5) is 4.39 Å². The van der Waals surface area contributed by atoms with E-state index in [9.17, 15) is 17.6 Å².